The lowest BCUT2D eigenvalue weighted by atomic mass is 10.1. The molecule has 0 spiro atoms. The number of anilines is 2. The van der Waals surface area contributed by atoms with E-state index in [1.807, 2.05) is 0 Å². The molecular formula is C18H16Cl2F2N2O. The average molecular weight is 385 g/mol. The molecule has 3 rings (SSSR count). The number of benzene rings is 2. The molecular weight excluding hydrogens is 369 g/mol. The first-order valence-electron chi connectivity index (χ1n) is 7.92. The molecule has 2 aromatic carbocycles. The number of nitrogens with one attached hydrogen (secondary N) is 1. The standard InChI is InChI=1S/C18H16Cl2F2N2O/c19-13-4-3-11(7-14(13)20)8-17(25)23-12-9-15(21)18(16(22)10-12)24-5-1-2-6-24/h3-4,7,9-10H,1-2,5-6,8H2,(H,23,25). The fourth-order valence-electron chi connectivity index (χ4n) is 2.92. The number of halogens is 4. The van der Waals surface area contributed by atoms with Crippen LogP contribution in [0.4, 0.5) is 20.2 Å². The molecule has 0 atom stereocenters. The van der Waals surface area contributed by atoms with E-state index >= 15 is 0 Å². The predicted molar refractivity (Wildman–Crippen MR) is 96.6 cm³/mol. The molecule has 1 heterocycles. The quantitative estimate of drug-likeness (QED) is 0.799. The van der Waals surface area contributed by atoms with Crippen LogP contribution >= 0.6 is 23.2 Å². The van der Waals surface area contributed by atoms with Crippen LogP contribution in [0.25, 0.3) is 0 Å². The lowest BCUT2D eigenvalue weighted by Gasteiger charge is -2.19. The van der Waals surface area contributed by atoms with Crippen molar-refractivity contribution < 1.29 is 13.6 Å². The minimum absolute atomic E-state index is 0.0218. The van der Waals surface area contributed by atoms with Crippen LogP contribution in [0.15, 0.2) is 30.3 Å². The minimum atomic E-state index is -0.674. The number of carbonyl (C=O) groups excluding carboxylic acids is 1. The van der Waals surface area contributed by atoms with Gasteiger partial charge in [-0.2, -0.15) is 0 Å². The summed E-state index contributed by atoms with van der Waals surface area (Å²) in [6, 6.07) is 7.14. The maximum absolute atomic E-state index is 14.3. The van der Waals surface area contributed by atoms with E-state index in [1.54, 1.807) is 23.1 Å². The molecule has 1 amide bonds. The number of nitrogens with zero attached hydrogens (tertiary/aromatic N) is 1. The lowest BCUT2D eigenvalue weighted by Crippen LogP contribution is -2.21. The van der Waals surface area contributed by atoms with E-state index in [0.29, 0.717) is 28.7 Å². The summed E-state index contributed by atoms with van der Waals surface area (Å²) < 4.78 is 28.5. The largest absolute Gasteiger partial charge is 0.367 e. The van der Waals surface area contributed by atoms with Gasteiger partial charge in [0, 0.05) is 18.8 Å². The third kappa shape index (κ3) is 4.22. The van der Waals surface area contributed by atoms with Crippen LogP contribution in [0.2, 0.25) is 10.0 Å². The summed E-state index contributed by atoms with van der Waals surface area (Å²) in [4.78, 5) is 13.8. The van der Waals surface area contributed by atoms with Crippen molar-refractivity contribution in [3.63, 3.8) is 0 Å². The van der Waals surface area contributed by atoms with Crippen molar-refractivity contribution in [3.05, 3.63) is 57.6 Å². The Morgan fingerprint density at radius 3 is 2.28 bits per heavy atom. The highest BCUT2D eigenvalue weighted by atomic mass is 35.5. The van der Waals surface area contributed by atoms with Crippen molar-refractivity contribution in [1.29, 1.82) is 0 Å². The molecule has 0 bridgehead atoms. The molecule has 0 aliphatic carbocycles. The second kappa shape index (κ2) is 7.58. The maximum Gasteiger partial charge on any atom is 0.228 e. The van der Waals surface area contributed by atoms with Crippen molar-refractivity contribution in [3.8, 4) is 0 Å². The fraction of sp³-hybridized carbons (Fsp3) is 0.278. The first-order valence-corrected chi connectivity index (χ1v) is 8.67. The Bertz CT molecular complexity index is 785. The highest BCUT2D eigenvalue weighted by Gasteiger charge is 2.21. The molecule has 3 nitrogen and oxygen atoms in total. The summed E-state index contributed by atoms with van der Waals surface area (Å²) in [5.74, 6) is -1.75. The molecule has 1 saturated heterocycles. The Balaban J connectivity index is 1.71. The molecule has 1 aliphatic rings. The van der Waals surface area contributed by atoms with Crippen molar-refractivity contribution in [2.45, 2.75) is 19.3 Å². The molecule has 132 valence electrons. The minimum Gasteiger partial charge on any atom is -0.367 e. The van der Waals surface area contributed by atoms with Crippen molar-refractivity contribution >= 4 is 40.5 Å². The highest BCUT2D eigenvalue weighted by molar-refractivity contribution is 6.42. The number of carbonyl (C=O) groups is 1. The van der Waals surface area contributed by atoms with Gasteiger partial charge in [0.2, 0.25) is 5.91 Å². The van der Waals surface area contributed by atoms with Gasteiger partial charge in [0.15, 0.2) is 11.6 Å². The molecule has 1 aliphatic heterocycles. The van der Waals surface area contributed by atoms with Gasteiger partial charge in [-0.3, -0.25) is 4.79 Å². The third-order valence-corrected chi connectivity index (χ3v) is 4.81. The van der Waals surface area contributed by atoms with Gasteiger partial charge >= 0.3 is 0 Å². The number of hydrogen-bond acceptors (Lipinski definition) is 2. The number of amides is 1. The van der Waals surface area contributed by atoms with Gasteiger partial charge in [-0.15, -0.1) is 0 Å². The molecule has 0 radical (unpaired) electrons. The van der Waals surface area contributed by atoms with Gasteiger partial charge < -0.3 is 10.2 Å². The summed E-state index contributed by atoms with van der Waals surface area (Å²) in [5.41, 5.74) is 0.713. The van der Waals surface area contributed by atoms with Gasteiger partial charge in [0.25, 0.3) is 0 Å². The van der Waals surface area contributed by atoms with E-state index in [-0.39, 0.29) is 17.8 Å². The Kier molecular flexibility index (Phi) is 5.45. The van der Waals surface area contributed by atoms with Crippen molar-refractivity contribution in [2.24, 2.45) is 0 Å². The topological polar surface area (TPSA) is 32.3 Å². The second-order valence-corrected chi connectivity index (χ2v) is 6.77. The van der Waals surface area contributed by atoms with Gasteiger partial charge in [0.1, 0.15) is 5.69 Å². The lowest BCUT2D eigenvalue weighted by molar-refractivity contribution is -0.115. The molecule has 0 saturated carbocycles. The average Bonchev–Trinajstić information content (AvgIpc) is 3.04. The predicted octanol–water partition coefficient (Wildman–Crippen LogP) is 5.05. The molecule has 0 aromatic heterocycles. The summed E-state index contributed by atoms with van der Waals surface area (Å²) in [6.07, 6.45) is 1.86. The van der Waals surface area contributed by atoms with Gasteiger partial charge in [-0.1, -0.05) is 29.3 Å². The molecule has 2 aromatic rings. The van der Waals surface area contributed by atoms with Crippen LogP contribution < -0.4 is 10.2 Å². The Morgan fingerprint density at radius 2 is 1.68 bits per heavy atom. The second-order valence-electron chi connectivity index (χ2n) is 5.96. The molecule has 1 fully saturated rings. The zero-order chi connectivity index (χ0) is 18.0. The monoisotopic (exact) mass is 384 g/mol. The maximum atomic E-state index is 14.3. The van der Waals surface area contributed by atoms with Crippen LogP contribution in [0, 0.1) is 11.6 Å². The van der Waals surface area contributed by atoms with Crippen LogP contribution in [0.1, 0.15) is 18.4 Å². The molecule has 25 heavy (non-hydrogen) atoms. The zero-order valence-corrected chi connectivity index (χ0v) is 14.8. The molecule has 1 N–H and O–H groups in total. The van der Waals surface area contributed by atoms with E-state index in [4.69, 9.17) is 23.2 Å². The van der Waals surface area contributed by atoms with E-state index in [2.05, 4.69) is 5.32 Å². The molecule has 7 heteroatoms. The Hall–Kier alpha value is -1.85. The van der Waals surface area contributed by atoms with Crippen LogP contribution in [-0.4, -0.2) is 19.0 Å². The van der Waals surface area contributed by atoms with E-state index in [9.17, 15) is 13.6 Å². The van der Waals surface area contributed by atoms with Gasteiger partial charge in [0.05, 0.1) is 16.5 Å². The van der Waals surface area contributed by atoms with E-state index in [0.717, 1.165) is 25.0 Å². The van der Waals surface area contributed by atoms with Crippen LogP contribution in [-0.2, 0) is 11.2 Å². The van der Waals surface area contributed by atoms with Gasteiger partial charge in [-0.25, -0.2) is 8.78 Å². The van der Waals surface area contributed by atoms with Crippen LogP contribution in [0.3, 0.4) is 0 Å². The van der Waals surface area contributed by atoms with E-state index < -0.39 is 17.5 Å². The summed E-state index contributed by atoms with van der Waals surface area (Å²) in [7, 11) is 0. The van der Waals surface area contributed by atoms with Crippen molar-refractivity contribution in [2.75, 3.05) is 23.3 Å². The fourth-order valence-corrected chi connectivity index (χ4v) is 3.24. The third-order valence-electron chi connectivity index (χ3n) is 4.07. The SMILES string of the molecule is O=C(Cc1ccc(Cl)c(Cl)c1)Nc1cc(F)c(N2CCCC2)c(F)c1. The van der Waals surface area contributed by atoms with Crippen molar-refractivity contribution in [1.82, 2.24) is 0 Å². The Labute approximate surface area is 154 Å². The summed E-state index contributed by atoms with van der Waals surface area (Å²) >= 11 is 11.7. The highest BCUT2D eigenvalue weighted by Crippen LogP contribution is 2.30. The first kappa shape index (κ1) is 18.0. The van der Waals surface area contributed by atoms with E-state index in [1.165, 1.54) is 0 Å². The van der Waals surface area contributed by atoms with Crippen LogP contribution in [0.5, 0.6) is 0 Å². The van der Waals surface area contributed by atoms with Gasteiger partial charge in [-0.05, 0) is 42.7 Å². The first-order chi connectivity index (χ1) is 11.9. The molecule has 0 unspecified atom stereocenters. The smallest absolute Gasteiger partial charge is 0.228 e. The summed E-state index contributed by atoms with van der Waals surface area (Å²) in [6.45, 7) is 1.27. The Morgan fingerprint density at radius 1 is 1.04 bits per heavy atom. The number of hydrogen-bond donors (Lipinski definition) is 1. The normalized spacial score (nSPS) is 14.0. The number of rotatable bonds is 4. The zero-order valence-electron chi connectivity index (χ0n) is 13.3. The summed E-state index contributed by atoms with van der Waals surface area (Å²) in [5, 5.41) is 3.25.